The Morgan fingerprint density at radius 1 is 1.11 bits per heavy atom. The van der Waals surface area contributed by atoms with Crippen LogP contribution in [0.5, 0.6) is 0 Å². The number of fused-ring (bicyclic) bond motifs is 3. The maximum atomic E-state index is 3.58. The first-order valence-electron chi connectivity index (χ1n) is 7.45. The lowest BCUT2D eigenvalue weighted by Crippen LogP contribution is -2.42. The van der Waals surface area contributed by atoms with E-state index < -0.39 is 0 Å². The highest BCUT2D eigenvalue weighted by molar-refractivity contribution is 5.85. The van der Waals surface area contributed by atoms with Crippen molar-refractivity contribution in [3.8, 4) is 0 Å². The fraction of sp³-hybridized carbons (Fsp3) is 0.500. The van der Waals surface area contributed by atoms with Crippen molar-refractivity contribution in [2.75, 3.05) is 26.2 Å². The van der Waals surface area contributed by atoms with Crippen molar-refractivity contribution < 1.29 is 0 Å². The first-order chi connectivity index (χ1) is 9.40. The number of rotatable bonds is 2. The fourth-order valence-electron chi connectivity index (χ4n) is 3.52. The predicted octanol–water partition coefficient (Wildman–Crippen LogP) is 2.06. The minimum Gasteiger partial charge on any atom is -0.358 e. The summed E-state index contributed by atoms with van der Waals surface area (Å²) in [4.78, 5) is 6.13. The van der Waals surface area contributed by atoms with Crippen molar-refractivity contribution in [1.29, 1.82) is 0 Å². The molecule has 1 saturated heterocycles. The zero-order valence-corrected chi connectivity index (χ0v) is 11.3. The number of benzene rings is 1. The molecule has 4 rings (SSSR count). The van der Waals surface area contributed by atoms with Gasteiger partial charge in [0.25, 0.3) is 0 Å². The van der Waals surface area contributed by atoms with Gasteiger partial charge in [0, 0.05) is 49.3 Å². The van der Waals surface area contributed by atoms with Crippen LogP contribution in [0.25, 0.3) is 10.9 Å². The summed E-state index contributed by atoms with van der Waals surface area (Å²) in [6, 6.07) is 6.97. The molecule has 1 aromatic heterocycles. The maximum absolute atomic E-state index is 3.58. The average Bonchev–Trinajstić information content (AvgIpc) is 3.01. The summed E-state index contributed by atoms with van der Waals surface area (Å²) in [5.41, 5.74) is 5.85. The van der Waals surface area contributed by atoms with Crippen molar-refractivity contribution in [3.63, 3.8) is 0 Å². The minimum atomic E-state index is 1.09. The molecule has 0 radical (unpaired) electrons. The lowest BCUT2D eigenvalue weighted by Gasteiger charge is -2.27. The Labute approximate surface area is 114 Å². The molecule has 3 heteroatoms. The summed E-state index contributed by atoms with van der Waals surface area (Å²) in [5, 5.41) is 4.89. The quantitative estimate of drug-likeness (QED) is 0.860. The van der Waals surface area contributed by atoms with Crippen LogP contribution in [-0.4, -0.2) is 36.1 Å². The number of piperazine rings is 1. The number of H-pyrrole nitrogens is 1. The first kappa shape index (κ1) is 11.5. The van der Waals surface area contributed by atoms with Crippen molar-refractivity contribution in [2.24, 2.45) is 0 Å². The molecule has 2 heterocycles. The van der Waals surface area contributed by atoms with E-state index in [1.165, 1.54) is 54.5 Å². The molecule has 100 valence electrons. The van der Waals surface area contributed by atoms with Gasteiger partial charge in [-0.15, -0.1) is 0 Å². The molecule has 2 aromatic rings. The molecule has 3 nitrogen and oxygen atoms in total. The third-order valence-electron chi connectivity index (χ3n) is 4.53. The number of nitrogens with one attached hydrogen (secondary N) is 2. The second-order valence-electron chi connectivity index (χ2n) is 5.84. The van der Waals surface area contributed by atoms with Crippen LogP contribution in [0.1, 0.15) is 23.2 Å². The third-order valence-corrected chi connectivity index (χ3v) is 4.53. The highest BCUT2D eigenvalue weighted by Crippen LogP contribution is 2.30. The van der Waals surface area contributed by atoms with Crippen LogP contribution >= 0.6 is 0 Å². The van der Waals surface area contributed by atoms with Gasteiger partial charge >= 0.3 is 0 Å². The van der Waals surface area contributed by atoms with Gasteiger partial charge in [0.1, 0.15) is 0 Å². The molecule has 0 amide bonds. The summed E-state index contributed by atoms with van der Waals surface area (Å²) < 4.78 is 0. The van der Waals surface area contributed by atoms with E-state index in [-0.39, 0.29) is 0 Å². The third kappa shape index (κ3) is 2.07. The molecule has 1 aliphatic heterocycles. The maximum Gasteiger partial charge on any atom is 0.0459 e. The number of hydrogen-bond acceptors (Lipinski definition) is 2. The summed E-state index contributed by atoms with van der Waals surface area (Å²) in [6.07, 6.45) is 3.81. The van der Waals surface area contributed by atoms with Gasteiger partial charge in [-0.25, -0.2) is 0 Å². The molecular weight excluding hydrogens is 234 g/mol. The molecule has 2 aliphatic rings. The lowest BCUT2D eigenvalue weighted by molar-refractivity contribution is 0.233. The number of aromatic nitrogens is 1. The number of aromatic amines is 1. The van der Waals surface area contributed by atoms with Crippen LogP contribution in [0, 0.1) is 0 Å². The summed E-state index contributed by atoms with van der Waals surface area (Å²) in [7, 11) is 0. The highest BCUT2D eigenvalue weighted by atomic mass is 15.2. The molecule has 19 heavy (non-hydrogen) atoms. The molecule has 1 aliphatic carbocycles. The Kier molecular flexibility index (Phi) is 2.82. The normalized spacial score (nSPS) is 20.0. The lowest BCUT2D eigenvalue weighted by atomic mass is 10.1. The topological polar surface area (TPSA) is 31.1 Å². The first-order valence-corrected chi connectivity index (χ1v) is 7.45. The largest absolute Gasteiger partial charge is 0.358 e. The zero-order valence-electron chi connectivity index (χ0n) is 11.3. The van der Waals surface area contributed by atoms with Gasteiger partial charge in [0.05, 0.1) is 0 Å². The van der Waals surface area contributed by atoms with E-state index in [1.54, 1.807) is 5.56 Å². The molecule has 2 N–H and O–H groups in total. The Morgan fingerprint density at radius 2 is 2.00 bits per heavy atom. The Morgan fingerprint density at radius 3 is 2.89 bits per heavy atom. The zero-order chi connectivity index (χ0) is 12.7. The van der Waals surface area contributed by atoms with Crippen LogP contribution in [0.15, 0.2) is 18.2 Å². The monoisotopic (exact) mass is 255 g/mol. The van der Waals surface area contributed by atoms with Gasteiger partial charge in [0.15, 0.2) is 0 Å². The molecule has 0 bridgehead atoms. The molecule has 1 fully saturated rings. The van der Waals surface area contributed by atoms with Crippen molar-refractivity contribution in [2.45, 2.75) is 25.8 Å². The second-order valence-corrected chi connectivity index (χ2v) is 5.84. The minimum absolute atomic E-state index is 1.09. The summed E-state index contributed by atoms with van der Waals surface area (Å²) in [6.45, 7) is 5.69. The van der Waals surface area contributed by atoms with Gasteiger partial charge < -0.3 is 10.3 Å². The summed E-state index contributed by atoms with van der Waals surface area (Å²) in [5.74, 6) is 0. The van der Waals surface area contributed by atoms with Crippen molar-refractivity contribution in [1.82, 2.24) is 15.2 Å². The van der Waals surface area contributed by atoms with E-state index in [2.05, 4.69) is 33.4 Å². The molecule has 0 spiro atoms. The predicted molar refractivity (Wildman–Crippen MR) is 78.5 cm³/mol. The molecule has 1 aromatic carbocycles. The van der Waals surface area contributed by atoms with Crippen LogP contribution < -0.4 is 5.32 Å². The van der Waals surface area contributed by atoms with E-state index in [1.807, 2.05) is 0 Å². The van der Waals surface area contributed by atoms with E-state index >= 15 is 0 Å². The number of nitrogens with zero attached hydrogens (tertiary/aromatic N) is 1. The van der Waals surface area contributed by atoms with Gasteiger partial charge in [-0.3, -0.25) is 4.90 Å². The van der Waals surface area contributed by atoms with E-state index in [0.717, 1.165) is 19.6 Å². The van der Waals surface area contributed by atoms with Gasteiger partial charge in [-0.1, -0.05) is 6.07 Å². The van der Waals surface area contributed by atoms with Crippen LogP contribution in [-0.2, 0) is 19.4 Å². The van der Waals surface area contributed by atoms with Crippen molar-refractivity contribution in [3.05, 3.63) is 35.0 Å². The number of hydrogen-bond donors (Lipinski definition) is 2. The van der Waals surface area contributed by atoms with E-state index in [0.29, 0.717) is 0 Å². The van der Waals surface area contributed by atoms with Gasteiger partial charge in [-0.2, -0.15) is 0 Å². The Balaban J connectivity index is 1.63. The van der Waals surface area contributed by atoms with Crippen LogP contribution in [0.4, 0.5) is 0 Å². The fourth-order valence-corrected chi connectivity index (χ4v) is 3.52. The molecule has 0 atom stereocenters. The van der Waals surface area contributed by atoms with E-state index in [9.17, 15) is 0 Å². The standard InChI is InChI=1S/C16H21N3/c1-2-13-14-10-12(11-19-8-6-17-7-9-19)4-5-16(14)18-15(13)3-1/h4-5,10,17-18H,1-3,6-9,11H2. The Bertz CT molecular complexity index is 593. The average molecular weight is 255 g/mol. The van der Waals surface area contributed by atoms with Crippen LogP contribution in [0.3, 0.4) is 0 Å². The highest BCUT2D eigenvalue weighted by Gasteiger charge is 2.17. The smallest absolute Gasteiger partial charge is 0.0459 e. The molecule has 0 unspecified atom stereocenters. The second kappa shape index (κ2) is 4.66. The van der Waals surface area contributed by atoms with Crippen molar-refractivity contribution >= 4 is 10.9 Å². The SMILES string of the molecule is c1cc2[nH]c3c(c2cc1CN1CCNCC1)CCC3. The van der Waals surface area contributed by atoms with Gasteiger partial charge in [-0.05, 0) is 42.5 Å². The summed E-state index contributed by atoms with van der Waals surface area (Å²) >= 11 is 0. The molecular formula is C16H21N3. The molecule has 0 saturated carbocycles. The van der Waals surface area contributed by atoms with Crippen LogP contribution in [0.2, 0.25) is 0 Å². The van der Waals surface area contributed by atoms with Gasteiger partial charge in [0.2, 0.25) is 0 Å². The van der Waals surface area contributed by atoms with E-state index in [4.69, 9.17) is 0 Å². The number of aryl methyl sites for hydroxylation is 2. The Hall–Kier alpha value is -1.32.